The van der Waals surface area contributed by atoms with E-state index in [4.69, 9.17) is 5.73 Å². The summed E-state index contributed by atoms with van der Waals surface area (Å²) in [5.74, 6) is -0.824. The van der Waals surface area contributed by atoms with Gasteiger partial charge in [-0.05, 0) is 5.56 Å². The lowest BCUT2D eigenvalue weighted by molar-refractivity contribution is -0.127. The van der Waals surface area contributed by atoms with Gasteiger partial charge < -0.3 is 16.4 Å². The van der Waals surface area contributed by atoms with E-state index in [-0.39, 0.29) is 18.5 Å². The fourth-order valence-electron chi connectivity index (χ4n) is 1.47. The lowest BCUT2D eigenvalue weighted by atomic mass is 10.1. The third kappa shape index (κ3) is 4.55. The summed E-state index contributed by atoms with van der Waals surface area (Å²) >= 11 is 0. The molecule has 1 aromatic rings. The second-order valence-corrected chi connectivity index (χ2v) is 4.35. The topological polar surface area (TPSA) is 84.2 Å². The molecule has 0 bridgehead atoms. The van der Waals surface area contributed by atoms with Crippen molar-refractivity contribution in [1.29, 1.82) is 0 Å². The minimum atomic E-state index is -0.785. The molecule has 0 fully saturated rings. The van der Waals surface area contributed by atoms with Crippen molar-refractivity contribution in [2.45, 2.75) is 25.9 Å². The van der Waals surface area contributed by atoms with Gasteiger partial charge in [0.25, 0.3) is 0 Å². The summed E-state index contributed by atoms with van der Waals surface area (Å²) in [5.41, 5.74) is 5.98. The predicted octanol–water partition coefficient (Wildman–Crippen LogP) is 0.327. The van der Waals surface area contributed by atoms with E-state index in [2.05, 4.69) is 10.6 Å². The van der Waals surface area contributed by atoms with Crippen LogP contribution in [0, 0.1) is 0 Å². The molecule has 0 aliphatic rings. The first-order valence-corrected chi connectivity index (χ1v) is 5.87. The zero-order valence-electron chi connectivity index (χ0n) is 10.6. The van der Waals surface area contributed by atoms with Gasteiger partial charge in [-0.1, -0.05) is 44.2 Å². The van der Waals surface area contributed by atoms with Crippen LogP contribution in [0.3, 0.4) is 0 Å². The summed E-state index contributed by atoms with van der Waals surface area (Å²) in [6.07, 6.45) is 0. The van der Waals surface area contributed by atoms with Crippen LogP contribution in [0.25, 0.3) is 0 Å². The molecule has 98 valence electrons. The van der Waals surface area contributed by atoms with Gasteiger partial charge in [0, 0.05) is 6.04 Å². The first kappa shape index (κ1) is 14.2. The number of nitrogens with two attached hydrogens (primary N) is 1. The van der Waals surface area contributed by atoms with Crippen LogP contribution in [0.15, 0.2) is 30.3 Å². The van der Waals surface area contributed by atoms with Gasteiger partial charge in [-0.25, -0.2) is 0 Å². The van der Waals surface area contributed by atoms with Crippen LogP contribution in [0.2, 0.25) is 0 Å². The van der Waals surface area contributed by atoms with E-state index in [9.17, 15) is 9.59 Å². The molecule has 4 N–H and O–H groups in total. The van der Waals surface area contributed by atoms with Crippen LogP contribution in [-0.2, 0) is 9.59 Å². The normalized spacial score (nSPS) is 12.2. The summed E-state index contributed by atoms with van der Waals surface area (Å²) < 4.78 is 0. The number of nitrogens with one attached hydrogen (secondary N) is 2. The second kappa shape index (κ2) is 6.76. The molecule has 5 heteroatoms. The summed E-state index contributed by atoms with van der Waals surface area (Å²) in [4.78, 5) is 23.0. The maximum atomic E-state index is 11.7. The van der Waals surface area contributed by atoms with Gasteiger partial charge in [0.1, 0.15) is 6.04 Å². The zero-order chi connectivity index (χ0) is 13.5. The summed E-state index contributed by atoms with van der Waals surface area (Å²) in [6, 6.07) is 8.36. The van der Waals surface area contributed by atoms with Crippen molar-refractivity contribution in [2.24, 2.45) is 5.73 Å². The molecule has 5 nitrogen and oxygen atoms in total. The Bertz CT molecular complexity index is 404. The Hall–Kier alpha value is -1.88. The highest BCUT2D eigenvalue weighted by Gasteiger charge is 2.19. The Morgan fingerprint density at radius 2 is 1.83 bits per heavy atom. The predicted molar refractivity (Wildman–Crippen MR) is 69.7 cm³/mol. The minimum absolute atomic E-state index is 0.161. The van der Waals surface area contributed by atoms with Crippen molar-refractivity contribution in [3.63, 3.8) is 0 Å². The van der Waals surface area contributed by atoms with E-state index >= 15 is 0 Å². The van der Waals surface area contributed by atoms with Crippen molar-refractivity contribution >= 4 is 11.8 Å². The molecule has 1 rings (SSSR count). The maximum absolute atomic E-state index is 11.7. The quantitative estimate of drug-likeness (QED) is 0.679. The van der Waals surface area contributed by atoms with E-state index in [1.54, 1.807) is 24.3 Å². The van der Waals surface area contributed by atoms with Crippen molar-refractivity contribution in [3.05, 3.63) is 35.9 Å². The van der Waals surface area contributed by atoms with Gasteiger partial charge in [0.05, 0.1) is 6.54 Å². The van der Waals surface area contributed by atoms with Crippen molar-refractivity contribution in [3.8, 4) is 0 Å². The fraction of sp³-hybridized carbons (Fsp3) is 0.385. The Balaban J connectivity index is 2.65. The highest BCUT2D eigenvalue weighted by atomic mass is 16.2. The number of benzene rings is 1. The number of hydrogen-bond donors (Lipinski definition) is 3. The Kier molecular flexibility index (Phi) is 5.32. The number of carbonyl (C=O) groups is 2. The van der Waals surface area contributed by atoms with Gasteiger partial charge in [0.2, 0.25) is 11.8 Å². The molecule has 18 heavy (non-hydrogen) atoms. The van der Waals surface area contributed by atoms with E-state index in [1.165, 1.54) is 0 Å². The lowest BCUT2D eigenvalue weighted by Crippen LogP contribution is -2.42. The minimum Gasteiger partial charge on any atom is -0.368 e. The highest BCUT2D eigenvalue weighted by molar-refractivity contribution is 5.88. The van der Waals surface area contributed by atoms with Crippen LogP contribution in [0.5, 0.6) is 0 Å². The van der Waals surface area contributed by atoms with Gasteiger partial charge in [0.15, 0.2) is 0 Å². The standard InChI is InChI=1S/C13H19N3O2/c1-9(2)15-8-11(17)16-12(13(14)18)10-6-4-3-5-7-10/h3-7,9,12,15H,8H2,1-2H3,(H2,14,18)(H,16,17)/t12-/m0/s1. The average molecular weight is 249 g/mol. The Labute approximate surface area is 107 Å². The molecular formula is C13H19N3O2. The van der Waals surface area contributed by atoms with E-state index in [0.29, 0.717) is 5.56 Å². The van der Waals surface area contributed by atoms with Crippen LogP contribution < -0.4 is 16.4 Å². The largest absolute Gasteiger partial charge is 0.368 e. The van der Waals surface area contributed by atoms with Crippen molar-refractivity contribution in [2.75, 3.05) is 6.54 Å². The van der Waals surface area contributed by atoms with Crippen LogP contribution in [0.4, 0.5) is 0 Å². The Morgan fingerprint density at radius 3 is 2.33 bits per heavy atom. The van der Waals surface area contributed by atoms with Gasteiger partial charge in [-0.3, -0.25) is 9.59 Å². The molecular weight excluding hydrogens is 230 g/mol. The average Bonchev–Trinajstić information content (AvgIpc) is 2.34. The molecule has 0 radical (unpaired) electrons. The molecule has 0 saturated heterocycles. The molecule has 1 atom stereocenters. The molecule has 0 heterocycles. The molecule has 0 aromatic heterocycles. The molecule has 0 aliphatic heterocycles. The number of amides is 2. The first-order valence-electron chi connectivity index (χ1n) is 5.87. The SMILES string of the molecule is CC(C)NCC(=O)N[C@H](C(N)=O)c1ccccc1. The van der Waals surface area contributed by atoms with Crippen LogP contribution in [-0.4, -0.2) is 24.4 Å². The third-order valence-electron chi connectivity index (χ3n) is 2.39. The second-order valence-electron chi connectivity index (χ2n) is 4.35. The monoisotopic (exact) mass is 249 g/mol. The van der Waals surface area contributed by atoms with Crippen molar-refractivity contribution in [1.82, 2.24) is 10.6 Å². The van der Waals surface area contributed by atoms with Crippen molar-refractivity contribution < 1.29 is 9.59 Å². The fourth-order valence-corrected chi connectivity index (χ4v) is 1.47. The van der Waals surface area contributed by atoms with Gasteiger partial charge in [-0.2, -0.15) is 0 Å². The summed E-state index contributed by atoms with van der Waals surface area (Å²) in [7, 11) is 0. The summed E-state index contributed by atoms with van der Waals surface area (Å²) in [6.45, 7) is 4.04. The first-order chi connectivity index (χ1) is 8.50. The third-order valence-corrected chi connectivity index (χ3v) is 2.39. The highest BCUT2D eigenvalue weighted by Crippen LogP contribution is 2.11. The van der Waals surface area contributed by atoms with Crippen LogP contribution >= 0.6 is 0 Å². The molecule has 0 spiro atoms. The molecule has 2 amide bonds. The maximum Gasteiger partial charge on any atom is 0.244 e. The molecule has 1 aromatic carbocycles. The smallest absolute Gasteiger partial charge is 0.244 e. The zero-order valence-corrected chi connectivity index (χ0v) is 10.6. The molecule has 0 aliphatic carbocycles. The number of carbonyl (C=O) groups excluding carboxylic acids is 2. The molecule has 0 unspecified atom stereocenters. The Morgan fingerprint density at radius 1 is 1.22 bits per heavy atom. The number of primary amides is 1. The number of hydrogen-bond acceptors (Lipinski definition) is 3. The van der Waals surface area contributed by atoms with Gasteiger partial charge >= 0.3 is 0 Å². The van der Waals surface area contributed by atoms with E-state index in [0.717, 1.165) is 0 Å². The molecule has 0 saturated carbocycles. The number of rotatable bonds is 6. The lowest BCUT2D eigenvalue weighted by Gasteiger charge is -2.16. The summed E-state index contributed by atoms with van der Waals surface area (Å²) in [5, 5.41) is 5.59. The van der Waals surface area contributed by atoms with E-state index < -0.39 is 11.9 Å². The van der Waals surface area contributed by atoms with E-state index in [1.807, 2.05) is 19.9 Å². The van der Waals surface area contributed by atoms with Gasteiger partial charge in [-0.15, -0.1) is 0 Å². The van der Waals surface area contributed by atoms with Crippen LogP contribution in [0.1, 0.15) is 25.5 Å².